The van der Waals surface area contributed by atoms with Gasteiger partial charge in [-0.05, 0) is 44.9 Å². The Balaban J connectivity index is 1.74. The molecule has 3 amide bonds. The molecule has 1 aromatic carbocycles. The normalized spacial score (nSPS) is 14.7. The van der Waals surface area contributed by atoms with Gasteiger partial charge in [0, 0.05) is 11.6 Å². The van der Waals surface area contributed by atoms with E-state index < -0.39 is 11.9 Å². The van der Waals surface area contributed by atoms with Gasteiger partial charge < -0.3 is 19.6 Å². The number of oxime groups is 1. The van der Waals surface area contributed by atoms with Crippen molar-refractivity contribution in [2.75, 3.05) is 13.7 Å². The van der Waals surface area contributed by atoms with E-state index in [1.54, 1.807) is 25.3 Å². The molecule has 1 saturated carbocycles. The smallest absolute Gasteiger partial charge is 0.321 e. The molecule has 0 spiro atoms. The number of imide groups is 1. The fourth-order valence-corrected chi connectivity index (χ4v) is 2.94. The van der Waals surface area contributed by atoms with E-state index in [9.17, 15) is 9.59 Å². The lowest BCUT2D eigenvalue weighted by molar-refractivity contribution is -0.124. The maximum Gasteiger partial charge on any atom is 0.321 e. The minimum absolute atomic E-state index is 0.0329. The summed E-state index contributed by atoms with van der Waals surface area (Å²) in [5, 5.41) is 8.81. The molecule has 8 heteroatoms. The molecule has 1 aromatic rings. The average Bonchev–Trinajstić information content (AvgIpc) is 2.66. The number of nitrogens with one attached hydrogen (secondary N) is 2. The summed E-state index contributed by atoms with van der Waals surface area (Å²) in [6.07, 6.45) is 6.80. The first kappa shape index (κ1) is 21.5. The Morgan fingerprint density at radius 3 is 2.64 bits per heavy atom. The lowest BCUT2D eigenvalue weighted by Crippen LogP contribution is -2.46. The van der Waals surface area contributed by atoms with Crippen molar-refractivity contribution in [2.45, 2.75) is 58.1 Å². The van der Waals surface area contributed by atoms with Crippen LogP contribution in [0.5, 0.6) is 11.5 Å². The molecule has 0 unspecified atom stereocenters. The molecule has 28 heavy (non-hydrogen) atoms. The van der Waals surface area contributed by atoms with Crippen molar-refractivity contribution >= 4 is 18.2 Å². The second-order valence-electron chi connectivity index (χ2n) is 6.94. The van der Waals surface area contributed by atoms with E-state index in [-0.39, 0.29) is 18.8 Å². The van der Waals surface area contributed by atoms with E-state index >= 15 is 0 Å². The Bertz CT molecular complexity index is 684. The summed E-state index contributed by atoms with van der Waals surface area (Å²) in [6, 6.07) is 4.98. The monoisotopic (exact) mass is 391 g/mol. The van der Waals surface area contributed by atoms with Crippen molar-refractivity contribution in [1.29, 1.82) is 0 Å². The molecule has 0 atom stereocenters. The Hall–Kier alpha value is -2.77. The zero-order valence-corrected chi connectivity index (χ0v) is 16.7. The fourth-order valence-electron chi connectivity index (χ4n) is 2.94. The van der Waals surface area contributed by atoms with E-state index in [2.05, 4.69) is 15.8 Å². The van der Waals surface area contributed by atoms with Crippen LogP contribution >= 0.6 is 0 Å². The minimum Gasteiger partial charge on any atom is -0.493 e. The van der Waals surface area contributed by atoms with E-state index in [1.807, 2.05) is 13.8 Å². The molecule has 1 fully saturated rings. The predicted molar refractivity (Wildman–Crippen MR) is 106 cm³/mol. The van der Waals surface area contributed by atoms with Gasteiger partial charge in [-0.2, -0.15) is 0 Å². The molecule has 1 aliphatic rings. The first-order chi connectivity index (χ1) is 13.5. The summed E-state index contributed by atoms with van der Waals surface area (Å²) < 4.78 is 10.9. The summed E-state index contributed by atoms with van der Waals surface area (Å²) in [5.74, 6) is 0.664. The van der Waals surface area contributed by atoms with Crippen molar-refractivity contribution in [3.8, 4) is 11.5 Å². The first-order valence-corrected chi connectivity index (χ1v) is 9.58. The standard InChI is InChI=1S/C20H29N3O5/c1-14(2)28-17-10-9-15(11-18(17)26-3)12-21-27-13-19(24)23-20(25)22-16-7-5-4-6-8-16/h9-12,14,16H,4-8,13H2,1-3H3,(H2,22,23,24,25)/b21-12-. The zero-order valence-electron chi connectivity index (χ0n) is 16.7. The van der Waals surface area contributed by atoms with Gasteiger partial charge in [0.2, 0.25) is 0 Å². The number of rotatable bonds is 8. The van der Waals surface area contributed by atoms with Gasteiger partial charge >= 0.3 is 6.03 Å². The van der Waals surface area contributed by atoms with Crippen molar-refractivity contribution in [3.63, 3.8) is 0 Å². The van der Waals surface area contributed by atoms with Gasteiger partial charge in [0.1, 0.15) is 0 Å². The molecule has 0 aromatic heterocycles. The SMILES string of the molecule is COc1cc(/C=N\OCC(=O)NC(=O)NC2CCCCC2)ccc1OC(C)C. The van der Waals surface area contributed by atoms with E-state index in [0.717, 1.165) is 31.2 Å². The number of benzene rings is 1. The molecule has 8 nitrogen and oxygen atoms in total. The molecular formula is C20H29N3O5. The molecular weight excluding hydrogens is 362 g/mol. The van der Waals surface area contributed by atoms with Crippen LogP contribution in [0.1, 0.15) is 51.5 Å². The summed E-state index contributed by atoms with van der Waals surface area (Å²) in [7, 11) is 1.56. The van der Waals surface area contributed by atoms with Crippen molar-refractivity contribution in [1.82, 2.24) is 10.6 Å². The third kappa shape index (κ3) is 7.46. The lowest BCUT2D eigenvalue weighted by atomic mass is 9.96. The van der Waals surface area contributed by atoms with Crippen molar-refractivity contribution < 1.29 is 23.9 Å². The highest BCUT2D eigenvalue weighted by molar-refractivity contribution is 5.95. The van der Waals surface area contributed by atoms with Crippen LogP contribution in [0.15, 0.2) is 23.4 Å². The van der Waals surface area contributed by atoms with Gasteiger partial charge in [0.05, 0.1) is 19.4 Å². The van der Waals surface area contributed by atoms with Crippen LogP contribution in [0.3, 0.4) is 0 Å². The molecule has 2 rings (SSSR count). The number of hydrogen-bond acceptors (Lipinski definition) is 6. The molecule has 1 aliphatic carbocycles. The Labute approximate surface area is 165 Å². The second kappa shape index (κ2) is 11.2. The van der Waals surface area contributed by atoms with Crippen molar-refractivity contribution in [2.24, 2.45) is 5.16 Å². The number of ether oxygens (including phenoxy) is 2. The Morgan fingerprint density at radius 1 is 1.21 bits per heavy atom. The number of nitrogens with zero attached hydrogens (tertiary/aromatic N) is 1. The second-order valence-corrected chi connectivity index (χ2v) is 6.94. The highest BCUT2D eigenvalue weighted by Gasteiger charge is 2.17. The summed E-state index contributed by atoms with van der Waals surface area (Å²) in [6.45, 7) is 3.52. The average molecular weight is 391 g/mol. The fraction of sp³-hybridized carbons (Fsp3) is 0.550. The van der Waals surface area contributed by atoms with Crippen LogP contribution in [0.25, 0.3) is 0 Å². The quantitative estimate of drug-likeness (QED) is 0.524. The molecule has 0 aliphatic heterocycles. The highest BCUT2D eigenvalue weighted by atomic mass is 16.6. The van der Waals surface area contributed by atoms with Crippen LogP contribution in [0, 0.1) is 0 Å². The van der Waals surface area contributed by atoms with Crippen LogP contribution in [0.4, 0.5) is 4.79 Å². The number of urea groups is 1. The van der Waals surface area contributed by atoms with Gasteiger partial charge in [0.25, 0.3) is 5.91 Å². The van der Waals surface area contributed by atoms with Crippen LogP contribution in [0.2, 0.25) is 0 Å². The lowest BCUT2D eigenvalue weighted by Gasteiger charge is -2.22. The van der Waals surface area contributed by atoms with Crippen LogP contribution in [-0.2, 0) is 9.63 Å². The van der Waals surface area contributed by atoms with Crippen LogP contribution < -0.4 is 20.1 Å². The molecule has 0 bridgehead atoms. The minimum atomic E-state index is -0.552. The third-order valence-electron chi connectivity index (χ3n) is 4.22. The van der Waals surface area contributed by atoms with E-state index in [4.69, 9.17) is 14.3 Å². The van der Waals surface area contributed by atoms with Gasteiger partial charge in [-0.25, -0.2) is 4.79 Å². The topological polar surface area (TPSA) is 98.3 Å². The van der Waals surface area contributed by atoms with E-state index in [0.29, 0.717) is 11.5 Å². The highest BCUT2D eigenvalue weighted by Crippen LogP contribution is 2.28. The maximum absolute atomic E-state index is 11.8. The summed E-state index contributed by atoms with van der Waals surface area (Å²) in [5.41, 5.74) is 0.725. The van der Waals surface area contributed by atoms with Gasteiger partial charge in [-0.1, -0.05) is 24.4 Å². The maximum atomic E-state index is 11.8. The summed E-state index contributed by atoms with van der Waals surface area (Å²) in [4.78, 5) is 28.5. The molecule has 0 radical (unpaired) electrons. The molecule has 0 saturated heterocycles. The number of amides is 3. The number of methoxy groups -OCH3 is 1. The van der Waals surface area contributed by atoms with Gasteiger partial charge in [-0.15, -0.1) is 0 Å². The number of carbonyl (C=O) groups is 2. The van der Waals surface area contributed by atoms with Crippen LogP contribution in [-0.4, -0.2) is 44.0 Å². The van der Waals surface area contributed by atoms with E-state index in [1.165, 1.54) is 12.6 Å². The molecule has 0 heterocycles. The number of carbonyl (C=O) groups excluding carboxylic acids is 2. The molecule has 154 valence electrons. The van der Waals surface area contributed by atoms with Gasteiger partial charge in [0.15, 0.2) is 18.1 Å². The number of hydrogen-bond donors (Lipinski definition) is 2. The van der Waals surface area contributed by atoms with Crippen molar-refractivity contribution in [3.05, 3.63) is 23.8 Å². The Morgan fingerprint density at radius 2 is 1.96 bits per heavy atom. The summed E-state index contributed by atoms with van der Waals surface area (Å²) >= 11 is 0. The predicted octanol–water partition coefficient (Wildman–Crippen LogP) is 2.99. The third-order valence-corrected chi connectivity index (χ3v) is 4.22. The first-order valence-electron chi connectivity index (χ1n) is 9.58. The Kier molecular flexibility index (Phi) is 8.58. The van der Waals surface area contributed by atoms with Gasteiger partial charge in [-0.3, -0.25) is 10.1 Å². The zero-order chi connectivity index (χ0) is 20.4. The largest absolute Gasteiger partial charge is 0.493 e. The molecule has 2 N–H and O–H groups in total.